The largest absolute Gasteiger partial charge is 0.467 e. The molecule has 5 nitrogen and oxygen atoms in total. The van der Waals surface area contributed by atoms with Gasteiger partial charge >= 0.3 is 12.0 Å². The highest BCUT2D eigenvalue weighted by Crippen LogP contribution is 2.17. The normalized spacial score (nSPS) is 17.3. The molecule has 1 aliphatic rings. The van der Waals surface area contributed by atoms with Gasteiger partial charge in [0.15, 0.2) is 0 Å². The van der Waals surface area contributed by atoms with Gasteiger partial charge in [-0.3, -0.25) is 0 Å². The van der Waals surface area contributed by atoms with E-state index in [-0.39, 0.29) is 12.1 Å². The molecular formula is C13H24N2O3S2. The summed E-state index contributed by atoms with van der Waals surface area (Å²) in [6.45, 7) is 0. The van der Waals surface area contributed by atoms with E-state index < -0.39 is 12.0 Å². The predicted octanol–water partition coefficient (Wildman–Crippen LogP) is 2.21. The molecule has 0 unspecified atom stereocenters. The third-order valence-corrected chi connectivity index (χ3v) is 5.40. The number of hydrogen-bond donors (Lipinski definition) is 2. The second-order valence-corrected chi connectivity index (χ2v) is 7.07. The number of amides is 2. The van der Waals surface area contributed by atoms with Crippen LogP contribution < -0.4 is 10.6 Å². The molecule has 0 radical (unpaired) electrons. The molecule has 0 aromatic rings. The minimum Gasteiger partial charge on any atom is -0.467 e. The standard InChI is InChI=1S/C13H24N2O3S2/c1-18-12(16)11(8-20-9-19-2)15-13(17)14-10-6-4-3-5-7-10/h10-11H,3-9H2,1-2H3,(H2,14,15,17)/t11-/m1/s1. The Kier molecular flexibility index (Phi) is 8.93. The summed E-state index contributed by atoms with van der Waals surface area (Å²) >= 11 is 3.31. The van der Waals surface area contributed by atoms with Gasteiger partial charge in [0.2, 0.25) is 0 Å². The van der Waals surface area contributed by atoms with Crippen LogP contribution in [0.4, 0.5) is 4.79 Å². The van der Waals surface area contributed by atoms with Gasteiger partial charge in [0.1, 0.15) is 6.04 Å². The first-order valence-corrected chi connectivity index (χ1v) is 9.43. The van der Waals surface area contributed by atoms with Crippen molar-refractivity contribution >= 4 is 35.5 Å². The van der Waals surface area contributed by atoms with Crippen LogP contribution in [0.25, 0.3) is 0 Å². The second-order valence-electron chi connectivity index (χ2n) is 4.81. The number of esters is 1. The molecule has 0 heterocycles. The van der Waals surface area contributed by atoms with E-state index in [9.17, 15) is 9.59 Å². The molecule has 1 aliphatic carbocycles. The van der Waals surface area contributed by atoms with E-state index in [0.29, 0.717) is 5.75 Å². The van der Waals surface area contributed by atoms with Crippen LogP contribution in [0.2, 0.25) is 0 Å². The van der Waals surface area contributed by atoms with E-state index in [1.807, 2.05) is 6.26 Å². The molecule has 0 aromatic carbocycles. The molecule has 0 saturated heterocycles. The van der Waals surface area contributed by atoms with Gasteiger partial charge in [0.25, 0.3) is 0 Å². The van der Waals surface area contributed by atoms with Crippen LogP contribution in [0.3, 0.4) is 0 Å². The third-order valence-electron chi connectivity index (χ3n) is 3.22. The van der Waals surface area contributed by atoms with Gasteiger partial charge in [0.05, 0.1) is 7.11 Å². The summed E-state index contributed by atoms with van der Waals surface area (Å²) < 4.78 is 4.73. The Bertz CT molecular complexity index is 310. The molecule has 1 rings (SSSR count). The third kappa shape index (κ3) is 6.74. The molecule has 0 aromatic heterocycles. The van der Waals surface area contributed by atoms with Crippen LogP contribution in [0.15, 0.2) is 0 Å². The fourth-order valence-corrected chi connectivity index (χ4v) is 3.70. The molecule has 0 bridgehead atoms. The zero-order valence-electron chi connectivity index (χ0n) is 12.1. The Morgan fingerprint density at radius 2 is 2.00 bits per heavy atom. The van der Waals surface area contributed by atoms with Crippen LogP contribution in [0.5, 0.6) is 0 Å². The number of ether oxygens (including phenoxy) is 1. The fourth-order valence-electron chi connectivity index (χ4n) is 2.19. The topological polar surface area (TPSA) is 67.4 Å². The highest BCUT2D eigenvalue weighted by atomic mass is 32.2. The Morgan fingerprint density at radius 1 is 1.30 bits per heavy atom. The molecule has 2 amide bonds. The van der Waals surface area contributed by atoms with Gasteiger partial charge in [-0.2, -0.15) is 11.8 Å². The number of methoxy groups -OCH3 is 1. The fraction of sp³-hybridized carbons (Fsp3) is 0.846. The van der Waals surface area contributed by atoms with Crippen LogP contribution in [-0.2, 0) is 9.53 Å². The van der Waals surface area contributed by atoms with Crippen molar-refractivity contribution in [3.05, 3.63) is 0 Å². The number of carbonyl (C=O) groups excluding carboxylic acids is 2. The van der Waals surface area contributed by atoms with Crippen molar-refractivity contribution in [1.82, 2.24) is 10.6 Å². The van der Waals surface area contributed by atoms with Crippen molar-refractivity contribution in [3.63, 3.8) is 0 Å². The van der Waals surface area contributed by atoms with E-state index in [1.165, 1.54) is 13.5 Å². The van der Waals surface area contributed by atoms with Gasteiger partial charge in [-0.1, -0.05) is 19.3 Å². The highest BCUT2D eigenvalue weighted by molar-refractivity contribution is 8.15. The highest BCUT2D eigenvalue weighted by Gasteiger charge is 2.23. The van der Waals surface area contributed by atoms with Crippen LogP contribution >= 0.6 is 23.5 Å². The summed E-state index contributed by atoms with van der Waals surface area (Å²) in [4.78, 5) is 23.6. The van der Waals surface area contributed by atoms with Gasteiger partial charge < -0.3 is 15.4 Å². The van der Waals surface area contributed by atoms with Crippen molar-refractivity contribution in [2.24, 2.45) is 0 Å². The van der Waals surface area contributed by atoms with Crippen LogP contribution in [0, 0.1) is 0 Å². The molecule has 20 heavy (non-hydrogen) atoms. The molecule has 116 valence electrons. The summed E-state index contributed by atoms with van der Waals surface area (Å²) in [6, 6.07) is -0.612. The van der Waals surface area contributed by atoms with E-state index >= 15 is 0 Å². The first-order chi connectivity index (χ1) is 9.67. The lowest BCUT2D eigenvalue weighted by Gasteiger charge is -2.24. The molecule has 0 aliphatic heterocycles. The van der Waals surface area contributed by atoms with Gasteiger partial charge in [0, 0.05) is 16.9 Å². The van der Waals surface area contributed by atoms with E-state index in [2.05, 4.69) is 10.6 Å². The zero-order chi connectivity index (χ0) is 14.8. The predicted molar refractivity (Wildman–Crippen MR) is 85.2 cm³/mol. The summed E-state index contributed by atoms with van der Waals surface area (Å²) in [5.74, 6) is 0.142. The molecule has 2 N–H and O–H groups in total. The van der Waals surface area contributed by atoms with Crippen molar-refractivity contribution < 1.29 is 14.3 Å². The van der Waals surface area contributed by atoms with Crippen LogP contribution in [-0.4, -0.2) is 48.3 Å². The first kappa shape index (κ1) is 17.5. The minimum absolute atomic E-state index is 0.237. The molecule has 1 saturated carbocycles. The number of carbonyl (C=O) groups is 2. The molecule has 0 spiro atoms. The maximum Gasteiger partial charge on any atom is 0.329 e. The molecule has 1 fully saturated rings. The van der Waals surface area contributed by atoms with E-state index in [4.69, 9.17) is 4.74 Å². The lowest BCUT2D eigenvalue weighted by atomic mass is 9.96. The number of rotatable bonds is 7. The van der Waals surface area contributed by atoms with Crippen molar-refractivity contribution in [2.75, 3.05) is 24.2 Å². The van der Waals surface area contributed by atoms with Crippen LogP contribution in [0.1, 0.15) is 32.1 Å². The lowest BCUT2D eigenvalue weighted by Crippen LogP contribution is -2.50. The lowest BCUT2D eigenvalue weighted by molar-refractivity contribution is -0.142. The second kappa shape index (κ2) is 10.2. The molecular weight excluding hydrogens is 296 g/mol. The zero-order valence-corrected chi connectivity index (χ0v) is 13.8. The summed E-state index contributed by atoms with van der Waals surface area (Å²) in [7, 11) is 1.34. The smallest absolute Gasteiger partial charge is 0.329 e. The Morgan fingerprint density at radius 3 is 2.60 bits per heavy atom. The first-order valence-electron chi connectivity index (χ1n) is 6.89. The van der Waals surface area contributed by atoms with Gasteiger partial charge in [-0.15, -0.1) is 11.8 Å². The summed E-state index contributed by atoms with van der Waals surface area (Å²) in [5, 5.41) is 6.55. The summed E-state index contributed by atoms with van der Waals surface area (Å²) in [6.07, 6.45) is 7.62. The van der Waals surface area contributed by atoms with Crippen molar-refractivity contribution in [2.45, 2.75) is 44.2 Å². The monoisotopic (exact) mass is 320 g/mol. The Hall–Kier alpha value is -0.560. The Labute approximate surface area is 129 Å². The van der Waals surface area contributed by atoms with Crippen molar-refractivity contribution in [3.8, 4) is 0 Å². The Balaban J connectivity index is 2.37. The maximum absolute atomic E-state index is 11.9. The maximum atomic E-state index is 11.9. The minimum atomic E-state index is -0.583. The van der Waals surface area contributed by atoms with Gasteiger partial charge in [-0.05, 0) is 19.1 Å². The van der Waals surface area contributed by atoms with E-state index in [1.54, 1.807) is 23.5 Å². The number of hydrogen-bond acceptors (Lipinski definition) is 5. The average Bonchev–Trinajstić information content (AvgIpc) is 2.46. The number of nitrogens with one attached hydrogen (secondary N) is 2. The molecule has 1 atom stereocenters. The van der Waals surface area contributed by atoms with Gasteiger partial charge in [-0.25, -0.2) is 9.59 Å². The summed E-state index contributed by atoms with van der Waals surface area (Å²) in [5.41, 5.74) is 0. The van der Waals surface area contributed by atoms with E-state index in [0.717, 1.165) is 30.8 Å². The number of thioether (sulfide) groups is 2. The SMILES string of the molecule is COC(=O)[C@@H](CSCSC)NC(=O)NC1CCCCC1. The quantitative estimate of drug-likeness (QED) is 0.428. The number of urea groups is 1. The van der Waals surface area contributed by atoms with Crippen molar-refractivity contribution in [1.29, 1.82) is 0 Å². The average molecular weight is 320 g/mol. The molecule has 7 heteroatoms.